The van der Waals surface area contributed by atoms with Crippen LogP contribution in [-0.4, -0.2) is 42.4 Å². The van der Waals surface area contributed by atoms with Crippen LogP contribution < -0.4 is 20.3 Å². The largest absolute Gasteiger partial charge is 0.493 e. The van der Waals surface area contributed by atoms with Gasteiger partial charge in [0.2, 0.25) is 0 Å². The van der Waals surface area contributed by atoms with E-state index in [1.165, 1.54) is 21.1 Å². The maximum Gasteiger partial charge on any atom is 0.360 e. The summed E-state index contributed by atoms with van der Waals surface area (Å²) in [6, 6.07) is 11.4. The molecule has 0 saturated carbocycles. The Bertz CT molecular complexity index is 1120. The van der Waals surface area contributed by atoms with Crippen LogP contribution in [0, 0.1) is 0 Å². The molecule has 1 atom stereocenters. The molecule has 9 heteroatoms. The number of benzene rings is 2. The topological polar surface area (TPSA) is 120 Å². The second-order valence-electron chi connectivity index (χ2n) is 6.05. The number of hydrogen-bond acceptors (Lipinski definition) is 7. The standard InChI is InChI=1S/C20H19N3O6/c1-11(18(24)21-12-8-9-15(27-2)16(10-12)28-3)29-20(26)17-13-6-4-5-7-14(13)19(25)23-22-17/h4-11H,1-3H3,(H,21,24)(H,23,25)/t11-/m0/s1. The van der Waals surface area contributed by atoms with Crippen LogP contribution in [0.4, 0.5) is 5.69 Å². The van der Waals surface area contributed by atoms with Gasteiger partial charge in [0.25, 0.3) is 11.5 Å². The third kappa shape index (κ3) is 4.18. The molecule has 0 saturated heterocycles. The molecule has 3 rings (SSSR count). The van der Waals surface area contributed by atoms with Crippen LogP contribution >= 0.6 is 0 Å². The lowest BCUT2D eigenvalue weighted by molar-refractivity contribution is -0.123. The molecule has 0 radical (unpaired) electrons. The highest BCUT2D eigenvalue weighted by molar-refractivity contribution is 6.03. The van der Waals surface area contributed by atoms with E-state index in [1.807, 2.05) is 0 Å². The molecular weight excluding hydrogens is 378 g/mol. The number of fused-ring (bicyclic) bond motifs is 1. The number of aromatic nitrogens is 2. The fourth-order valence-corrected chi connectivity index (χ4v) is 2.70. The van der Waals surface area contributed by atoms with E-state index in [1.54, 1.807) is 42.5 Å². The molecule has 0 aliphatic rings. The maximum absolute atomic E-state index is 12.5. The molecule has 0 unspecified atom stereocenters. The number of ether oxygens (including phenoxy) is 3. The number of carbonyl (C=O) groups is 2. The van der Waals surface area contributed by atoms with E-state index in [4.69, 9.17) is 14.2 Å². The highest BCUT2D eigenvalue weighted by Crippen LogP contribution is 2.29. The number of anilines is 1. The quantitative estimate of drug-likeness (QED) is 0.612. The number of H-pyrrole nitrogens is 1. The summed E-state index contributed by atoms with van der Waals surface area (Å²) in [5.41, 5.74) is -0.0504. The average molecular weight is 397 g/mol. The number of aromatic amines is 1. The molecule has 1 heterocycles. The second kappa shape index (κ2) is 8.42. The first-order valence-electron chi connectivity index (χ1n) is 8.66. The van der Waals surface area contributed by atoms with Crippen LogP contribution in [0.1, 0.15) is 17.4 Å². The second-order valence-corrected chi connectivity index (χ2v) is 6.05. The predicted octanol–water partition coefficient (Wildman–Crippen LogP) is 2.12. The van der Waals surface area contributed by atoms with Gasteiger partial charge in [0.1, 0.15) is 0 Å². The third-order valence-corrected chi connectivity index (χ3v) is 4.19. The smallest absolute Gasteiger partial charge is 0.360 e. The monoisotopic (exact) mass is 397 g/mol. The fraction of sp³-hybridized carbons (Fsp3) is 0.200. The Balaban J connectivity index is 1.74. The molecule has 0 fully saturated rings. The van der Waals surface area contributed by atoms with Gasteiger partial charge in [0.05, 0.1) is 19.6 Å². The first kappa shape index (κ1) is 19.9. The molecule has 2 aromatic carbocycles. The van der Waals surface area contributed by atoms with Gasteiger partial charge in [-0.2, -0.15) is 5.10 Å². The first-order valence-corrected chi connectivity index (χ1v) is 8.66. The van der Waals surface area contributed by atoms with Crippen molar-refractivity contribution in [3.63, 3.8) is 0 Å². The molecule has 0 aliphatic heterocycles. The van der Waals surface area contributed by atoms with Gasteiger partial charge in [-0.25, -0.2) is 9.89 Å². The van der Waals surface area contributed by atoms with Crippen molar-refractivity contribution in [1.29, 1.82) is 0 Å². The Kier molecular flexibility index (Phi) is 5.77. The number of nitrogens with zero attached hydrogens (tertiary/aromatic N) is 1. The van der Waals surface area contributed by atoms with Crippen molar-refractivity contribution >= 4 is 28.3 Å². The van der Waals surface area contributed by atoms with Crippen LogP contribution in [0.5, 0.6) is 11.5 Å². The fourth-order valence-electron chi connectivity index (χ4n) is 2.70. The molecule has 1 aromatic heterocycles. The van der Waals surface area contributed by atoms with E-state index in [0.717, 1.165) is 0 Å². The van der Waals surface area contributed by atoms with Crippen LogP contribution in [0.15, 0.2) is 47.3 Å². The molecule has 29 heavy (non-hydrogen) atoms. The minimum Gasteiger partial charge on any atom is -0.493 e. The number of hydrogen-bond donors (Lipinski definition) is 2. The number of esters is 1. The van der Waals surface area contributed by atoms with Crippen LogP contribution in [0.25, 0.3) is 10.8 Å². The van der Waals surface area contributed by atoms with Gasteiger partial charge in [0.15, 0.2) is 23.3 Å². The van der Waals surface area contributed by atoms with Gasteiger partial charge in [-0.3, -0.25) is 9.59 Å². The third-order valence-electron chi connectivity index (χ3n) is 4.19. The highest BCUT2D eigenvalue weighted by atomic mass is 16.5. The van der Waals surface area contributed by atoms with Crippen molar-refractivity contribution in [3.05, 3.63) is 58.5 Å². The van der Waals surface area contributed by atoms with Crippen molar-refractivity contribution in [2.24, 2.45) is 0 Å². The van der Waals surface area contributed by atoms with E-state index >= 15 is 0 Å². The molecule has 0 bridgehead atoms. The number of rotatable bonds is 6. The summed E-state index contributed by atoms with van der Waals surface area (Å²) in [7, 11) is 2.99. The summed E-state index contributed by atoms with van der Waals surface area (Å²) in [4.78, 5) is 36.7. The van der Waals surface area contributed by atoms with Crippen molar-refractivity contribution in [2.75, 3.05) is 19.5 Å². The Hall–Kier alpha value is -3.88. The highest BCUT2D eigenvalue weighted by Gasteiger charge is 2.22. The molecule has 0 spiro atoms. The zero-order valence-electron chi connectivity index (χ0n) is 16.0. The molecular formula is C20H19N3O6. The molecule has 1 amide bonds. The van der Waals surface area contributed by atoms with Crippen LogP contribution in [0.3, 0.4) is 0 Å². The van der Waals surface area contributed by atoms with Gasteiger partial charge in [-0.05, 0) is 25.1 Å². The molecule has 9 nitrogen and oxygen atoms in total. The minimum atomic E-state index is -1.11. The van der Waals surface area contributed by atoms with Gasteiger partial charge in [0, 0.05) is 17.1 Å². The molecule has 150 valence electrons. The van der Waals surface area contributed by atoms with Crippen LogP contribution in [-0.2, 0) is 9.53 Å². The predicted molar refractivity (Wildman–Crippen MR) is 105 cm³/mol. The van der Waals surface area contributed by atoms with E-state index in [2.05, 4.69) is 15.5 Å². The van der Waals surface area contributed by atoms with Crippen molar-refractivity contribution in [3.8, 4) is 11.5 Å². The maximum atomic E-state index is 12.5. The number of nitrogens with one attached hydrogen (secondary N) is 2. The number of carbonyl (C=O) groups excluding carboxylic acids is 2. The summed E-state index contributed by atoms with van der Waals surface area (Å²) >= 11 is 0. The molecule has 2 N–H and O–H groups in total. The van der Waals surface area contributed by atoms with Crippen LogP contribution in [0.2, 0.25) is 0 Å². The lowest BCUT2D eigenvalue weighted by Gasteiger charge is -2.15. The summed E-state index contributed by atoms with van der Waals surface area (Å²) in [5.74, 6) is -0.411. The van der Waals surface area contributed by atoms with Gasteiger partial charge in [-0.15, -0.1) is 0 Å². The lowest BCUT2D eigenvalue weighted by Crippen LogP contribution is -2.30. The van der Waals surface area contributed by atoms with Gasteiger partial charge >= 0.3 is 5.97 Å². The normalized spacial score (nSPS) is 11.6. The Morgan fingerprint density at radius 1 is 1.03 bits per heavy atom. The summed E-state index contributed by atoms with van der Waals surface area (Å²) in [5, 5.41) is 9.31. The summed E-state index contributed by atoms with van der Waals surface area (Å²) in [6.45, 7) is 1.43. The van der Waals surface area contributed by atoms with Gasteiger partial charge in [-0.1, -0.05) is 18.2 Å². The Morgan fingerprint density at radius 3 is 2.41 bits per heavy atom. The lowest BCUT2D eigenvalue weighted by atomic mass is 10.1. The average Bonchev–Trinajstić information content (AvgIpc) is 2.73. The number of amides is 1. The zero-order chi connectivity index (χ0) is 21.0. The Morgan fingerprint density at radius 2 is 1.72 bits per heavy atom. The Labute approximate surface area is 165 Å². The van der Waals surface area contributed by atoms with E-state index in [-0.39, 0.29) is 5.69 Å². The minimum absolute atomic E-state index is 0.0778. The van der Waals surface area contributed by atoms with E-state index < -0.39 is 23.5 Å². The zero-order valence-corrected chi connectivity index (χ0v) is 16.0. The van der Waals surface area contributed by atoms with Gasteiger partial charge < -0.3 is 19.5 Å². The SMILES string of the molecule is COc1ccc(NC(=O)[C@H](C)OC(=O)c2n[nH]c(=O)c3ccccc23)cc1OC. The molecule has 0 aliphatic carbocycles. The van der Waals surface area contributed by atoms with E-state index in [9.17, 15) is 14.4 Å². The van der Waals surface area contributed by atoms with Crippen molar-refractivity contribution in [2.45, 2.75) is 13.0 Å². The summed E-state index contributed by atoms with van der Waals surface area (Å²) in [6.07, 6.45) is -1.11. The van der Waals surface area contributed by atoms with E-state index in [0.29, 0.717) is 28.0 Å². The first-order chi connectivity index (χ1) is 13.9. The molecule has 3 aromatic rings. The summed E-state index contributed by atoms with van der Waals surface area (Å²) < 4.78 is 15.6. The number of methoxy groups -OCH3 is 2. The van der Waals surface area contributed by atoms with Crippen molar-refractivity contribution < 1.29 is 23.8 Å². The van der Waals surface area contributed by atoms with Crippen molar-refractivity contribution in [1.82, 2.24) is 10.2 Å².